The topological polar surface area (TPSA) is 30.7 Å². The fourth-order valence-corrected chi connectivity index (χ4v) is 3.24. The molecule has 27 heavy (non-hydrogen) atoms. The molecule has 0 spiro atoms. The zero-order valence-corrected chi connectivity index (χ0v) is 16.9. The molecule has 0 radical (unpaired) electrons. The first kappa shape index (κ1) is 21.2. The smallest absolute Gasteiger partial charge is 0.220 e. The summed E-state index contributed by atoms with van der Waals surface area (Å²) in [7, 11) is 1.52. The number of carbonyl (C=O) groups is 1. The van der Waals surface area contributed by atoms with Gasteiger partial charge in [0.05, 0.1) is 26.1 Å². The van der Waals surface area contributed by atoms with Crippen LogP contribution in [0.4, 0.5) is 0 Å². The standard InChI is InChI=1S/C24H33NO2/c1-3-4-5-6-7-8-9-10-17-25-18-15-21(16-19-25)11-12-22-13-14-23(26)24(20-22)27-2/h11-16,18-20H,3-10,17H2,1-2H3/p+1. The van der Waals surface area contributed by atoms with E-state index in [-0.39, 0.29) is 5.78 Å². The van der Waals surface area contributed by atoms with Crippen molar-refractivity contribution in [3.63, 3.8) is 0 Å². The van der Waals surface area contributed by atoms with Crippen LogP contribution in [-0.2, 0) is 9.53 Å². The maximum Gasteiger partial charge on any atom is 0.220 e. The molecule has 0 saturated carbocycles. The van der Waals surface area contributed by atoms with Crippen molar-refractivity contribution in [1.29, 1.82) is 0 Å². The minimum atomic E-state index is -0.0834. The van der Waals surface area contributed by atoms with Crippen LogP contribution in [0.3, 0.4) is 0 Å². The normalized spacial score (nSPS) is 20.3. The summed E-state index contributed by atoms with van der Waals surface area (Å²) in [5, 5.41) is 0. The molecule has 1 aliphatic heterocycles. The van der Waals surface area contributed by atoms with Gasteiger partial charge in [0.15, 0.2) is 5.76 Å². The minimum absolute atomic E-state index is 0.0834. The summed E-state index contributed by atoms with van der Waals surface area (Å²) < 4.78 is 5.09. The van der Waals surface area contributed by atoms with Gasteiger partial charge in [-0.25, -0.2) is 0 Å². The van der Waals surface area contributed by atoms with Gasteiger partial charge < -0.3 is 4.74 Å². The highest BCUT2D eigenvalue weighted by Gasteiger charge is 2.11. The Morgan fingerprint density at radius 3 is 2.15 bits per heavy atom. The Morgan fingerprint density at radius 1 is 0.852 bits per heavy atom. The van der Waals surface area contributed by atoms with Gasteiger partial charge in [-0.15, -0.1) is 0 Å². The quantitative estimate of drug-likeness (QED) is 0.541. The van der Waals surface area contributed by atoms with Crippen LogP contribution in [0.1, 0.15) is 58.3 Å². The van der Waals surface area contributed by atoms with Crippen molar-refractivity contribution in [3.05, 3.63) is 71.8 Å². The molecule has 0 atom stereocenters. The van der Waals surface area contributed by atoms with E-state index in [1.165, 1.54) is 75.5 Å². The minimum Gasteiger partial charge on any atom is -0.493 e. The van der Waals surface area contributed by atoms with Crippen molar-refractivity contribution in [2.45, 2.75) is 58.3 Å². The molecule has 0 aromatic rings. The Labute approximate surface area is 164 Å². The lowest BCUT2D eigenvalue weighted by molar-refractivity contribution is -0.791. The van der Waals surface area contributed by atoms with E-state index in [0.717, 1.165) is 5.57 Å². The fourth-order valence-electron chi connectivity index (χ4n) is 3.24. The lowest BCUT2D eigenvalue weighted by atomic mass is 10.1. The van der Waals surface area contributed by atoms with Crippen molar-refractivity contribution < 1.29 is 14.4 Å². The third-order valence-corrected chi connectivity index (χ3v) is 4.95. The molecule has 3 nitrogen and oxygen atoms in total. The summed E-state index contributed by atoms with van der Waals surface area (Å²) in [5.41, 5.74) is 2.13. The maximum atomic E-state index is 11.6. The van der Waals surface area contributed by atoms with Gasteiger partial charge in [0.25, 0.3) is 0 Å². The lowest BCUT2D eigenvalue weighted by Crippen LogP contribution is -3.03. The highest BCUT2D eigenvalue weighted by atomic mass is 16.5. The molecule has 0 amide bonds. The molecule has 1 aliphatic carbocycles. The first-order valence-corrected chi connectivity index (χ1v) is 10.3. The van der Waals surface area contributed by atoms with Gasteiger partial charge in [0, 0.05) is 0 Å². The van der Waals surface area contributed by atoms with E-state index in [0.29, 0.717) is 5.76 Å². The van der Waals surface area contributed by atoms with E-state index in [2.05, 4.69) is 37.6 Å². The summed E-state index contributed by atoms with van der Waals surface area (Å²) in [6.45, 7) is 3.43. The number of methoxy groups -OCH3 is 1. The number of nitrogens with one attached hydrogen (secondary N) is 1. The van der Waals surface area contributed by atoms with Crippen molar-refractivity contribution in [3.8, 4) is 0 Å². The Hall–Kier alpha value is -2.13. The van der Waals surface area contributed by atoms with Gasteiger partial charge in [0.2, 0.25) is 5.78 Å². The molecule has 3 heteroatoms. The van der Waals surface area contributed by atoms with Gasteiger partial charge in [0.1, 0.15) is 0 Å². The van der Waals surface area contributed by atoms with E-state index >= 15 is 0 Å². The second-order valence-corrected chi connectivity index (χ2v) is 7.21. The Kier molecular flexibility index (Phi) is 9.64. The number of quaternary nitrogens is 1. The van der Waals surface area contributed by atoms with E-state index < -0.39 is 0 Å². The summed E-state index contributed by atoms with van der Waals surface area (Å²) >= 11 is 0. The summed E-state index contributed by atoms with van der Waals surface area (Å²) in [4.78, 5) is 13.0. The number of ether oxygens (including phenoxy) is 1. The second kappa shape index (κ2) is 12.3. The van der Waals surface area contributed by atoms with Crippen LogP contribution in [0.2, 0.25) is 0 Å². The monoisotopic (exact) mass is 368 g/mol. The molecule has 0 unspecified atom stereocenters. The number of allylic oxidation sites excluding steroid dienone is 9. The van der Waals surface area contributed by atoms with Crippen molar-refractivity contribution in [2.24, 2.45) is 0 Å². The Morgan fingerprint density at radius 2 is 1.48 bits per heavy atom. The Bertz CT molecular complexity index is 646. The predicted octanol–water partition coefficient (Wildman–Crippen LogP) is 4.58. The predicted molar refractivity (Wildman–Crippen MR) is 112 cm³/mol. The molecule has 0 bridgehead atoms. The van der Waals surface area contributed by atoms with Crippen LogP contribution < -0.4 is 4.90 Å². The molecular weight excluding hydrogens is 334 g/mol. The third-order valence-electron chi connectivity index (χ3n) is 4.95. The molecule has 146 valence electrons. The third kappa shape index (κ3) is 7.96. The average Bonchev–Trinajstić information content (AvgIpc) is 2.70. The molecule has 1 heterocycles. The number of ketones is 1. The number of carbonyl (C=O) groups excluding carboxylic acids is 1. The van der Waals surface area contributed by atoms with Crippen LogP contribution >= 0.6 is 0 Å². The molecular formula is C24H34NO2+. The van der Waals surface area contributed by atoms with Crippen molar-refractivity contribution in [1.82, 2.24) is 0 Å². The van der Waals surface area contributed by atoms with Crippen molar-refractivity contribution >= 4 is 5.78 Å². The molecule has 0 aromatic heterocycles. The number of hydrogen-bond acceptors (Lipinski definition) is 2. The highest BCUT2D eigenvalue weighted by molar-refractivity contribution is 6.04. The molecule has 0 fully saturated rings. The van der Waals surface area contributed by atoms with E-state index in [9.17, 15) is 4.79 Å². The average molecular weight is 369 g/mol. The lowest BCUT2D eigenvalue weighted by Gasteiger charge is -2.13. The zero-order chi connectivity index (χ0) is 19.3. The molecule has 0 aromatic carbocycles. The molecule has 2 aliphatic rings. The molecule has 1 N–H and O–H groups in total. The van der Waals surface area contributed by atoms with Crippen molar-refractivity contribution in [2.75, 3.05) is 13.7 Å². The number of hydrogen-bond donors (Lipinski definition) is 1. The number of rotatable bonds is 11. The van der Waals surface area contributed by atoms with E-state index in [1.807, 2.05) is 12.2 Å². The van der Waals surface area contributed by atoms with Crippen LogP contribution in [0, 0.1) is 0 Å². The van der Waals surface area contributed by atoms with Gasteiger partial charge in [-0.3, -0.25) is 9.69 Å². The van der Waals surface area contributed by atoms with Gasteiger partial charge in [-0.2, -0.15) is 0 Å². The fraction of sp³-hybridized carbons (Fsp3) is 0.458. The second-order valence-electron chi connectivity index (χ2n) is 7.21. The summed E-state index contributed by atoms with van der Waals surface area (Å²) in [6.07, 6.45) is 28.9. The zero-order valence-electron chi connectivity index (χ0n) is 16.9. The van der Waals surface area contributed by atoms with Crippen LogP contribution in [0.5, 0.6) is 0 Å². The maximum absolute atomic E-state index is 11.6. The van der Waals surface area contributed by atoms with E-state index in [4.69, 9.17) is 4.74 Å². The highest BCUT2D eigenvalue weighted by Crippen LogP contribution is 2.14. The summed E-state index contributed by atoms with van der Waals surface area (Å²) in [6, 6.07) is 0. The largest absolute Gasteiger partial charge is 0.493 e. The van der Waals surface area contributed by atoms with Gasteiger partial charge >= 0.3 is 0 Å². The van der Waals surface area contributed by atoms with Gasteiger partial charge in [-0.1, -0.05) is 63.7 Å². The molecule has 2 rings (SSSR count). The SMILES string of the molecule is CCCCCCCCCC[NH+]1C=CC(=CC=C2C=CC(=O)C(OC)=C2)C=C1. The van der Waals surface area contributed by atoms with E-state index in [1.54, 1.807) is 12.2 Å². The number of unbranched alkanes of at least 4 members (excludes halogenated alkanes) is 7. The first-order chi connectivity index (χ1) is 13.2. The van der Waals surface area contributed by atoms with Gasteiger partial charge in [-0.05, 0) is 48.3 Å². The van der Waals surface area contributed by atoms with Crippen LogP contribution in [0.15, 0.2) is 71.8 Å². The summed E-state index contributed by atoms with van der Waals surface area (Å²) in [5.74, 6) is 0.304. The Balaban J connectivity index is 1.69. The first-order valence-electron chi connectivity index (χ1n) is 10.3. The molecule has 0 saturated heterocycles. The van der Waals surface area contributed by atoms with Crippen LogP contribution in [-0.4, -0.2) is 19.4 Å². The van der Waals surface area contributed by atoms with Crippen LogP contribution in [0.25, 0.3) is 0 Å².